The molecular weight excluding hydrogens is 496 g/mol. The Bertz CT molecular complexity index is 1340. The molecule has 2 aliphatic heterocycles. The second kappa shape index (κ2) is 10.6. The van der Waals surface area contributed by atoms with Gasteiger partial charge in [0, 0.05) is 12.8 Å². The zero-order valence-corrected chi connectivity index (χ0v) is 21.0. The Kier molecular flexibility index (Phi) is 7.06. The lowest BCUT2D eigenvalue weighted by molar-refractivity contribution is -0.121. The summed E-state index contributed by atoms with van der Waals surface area (Å²) in [6, 6.07) is 24.6. The molecule has 2 aliphatic rings. The molecule has 7 nitrogen and oxygen atoms in total. The number of ether oxygens (including phenoxy) is 1. The maximum Gasteiger partial charge on any atom is 0.262 e. The van der Waals surface area contributed by atoms with Crippen LogP contribution in [-0.2, 0) is 9.59 Å². The number of anilines is 1. The fourth-order valence-corrected chi connectivity index (χ4v) is 5.36. The van der Waals surface area contributed by atoms with Gasteiger partial charge in [-0.05, 0) is 35.4 Å². The maximum atomic E-state index is 12.8. The number of rotatable bonds is 6. The number of halogens is 1. The molecule has 3 aromatic rings. The van der Waals surface area contributed by atoms with Crippen LogP contribution in [0.1, 0.15) is 30.0 Å². The fourth-order valence-electron chi connectivity index (χ4n) is 4.11. The normalized spacial score (nSPS) is 19.2. The van der Waals surface area contributed by atoms with Gasteiger partial charge in [-0.1, -0.05) is 78.0 Å². The molecule has 0 unspecified atom stereocenters. The zero-order valence-electron chi connectivity index (χ0n) is 19.4. The number of nitrogens with zero attached hydrogens (tertiary/aromatic N) is 3. The van der Waals surface area contributed by atoms with Gasteiger partial charge in [0.15, 0.2) is 5.17 Å². The third kappa shape index (κ3) is 5.15. The summed E-state index contributed by atoms with van der Waals surface area (Å²) in [6.07, 6.45) is 0.639. The smallest absolute Gasteiger partial charge is 0.262 e. The van der Waals surface area contributed by atoms with Crippen LogP contribution < -0.4 is 10.1 Å². The first kappa shape index (κ1) is 24.1. The van der Waals surface area contributed by atoms with Gasteiger partial charge in [0.05, 0.1) is 29.6 Å². The van der Waals surface area contributed by atoms with E-state index in [0.29, 0.717) is 22.3 Å². The predicted octanol–water partition coefficient (Wildman–Crippen LogP) is 5.53. The number of benzene rings is 3. The van der Waals surface area contributed by atoms with Crippen LogP contribution >= 0.6 is 23.4 Å². The van der Waals surface area contributed by atoms with Gasteiger partial charge in [-0.2, -0.15) is 10.1 Å². The molecule has 2 heterocycles. The summed E-state index contributed by atoms with van der Waals surface area (Å²) in [5.74, 6) is 0.119. The van der Waals surface area contributed by atoms with E-state index in [2.05, 4.69) is 10.3 Å². The van der Waals surface area contributed by atoms with E-state index in [-0.39, 0.29) is 24.3 Å². The molecule has 0 fully saturated rings. The molecule has 0 radical (unpaired) electrons. The Morgan fingerprint density at radius 3 is 2.53 bits per heavy atom. The highest BCUT2D eigenvalue weighted by Gasteiger charge is 2.39. The Morgan fingerprint density at radius 2 is 1.81 bits per heavy atom. The molecule has 0 saturated heterocycles. The number of hydrogen-bond donors (Lipinski definition) is 1. The second-order valence-corrected chi connectivity index (χ2v) is 9.90. The van der Waals surface area contributed by atoms with Crippen molar-refractivity contribution in [1.82, 2.24) is 5.01 Å². The van der Waals surface area contributed by atoms with Crippen LogP contribution in [0.3, 0.4) is 0 Å². The number of amidine groups is 1. The second-order valence-electron chi connectivity index (χ2n) is 8.32. The van der Waals surface area contributed by atoms with E-state index >= 15 is 0 Å². The lowest BCUT2D eigenvalue weighted by Crippen LogP contribution is -2.25. The van der Waals surface area contributed by atoms with Crippen LogP contribution in [0.4, 0.5) is 5.69 Å². The molecule has 182 valence electrons. The molecule has 36 heavy (non-hydrogen) atoms. The van der Waals surface area contributed by atoms with Gasteiger partial charge in [-0.25, -0.2) is 5.01 Å². The summed E-state index contributed by atoms with van der Waals surface area (Å²) in [7, 11) is 1.63. The molecule has 0 aromatic heterocycles. The van der Waals surface area contributed by atoms with E-state index in [1.807, 2.05) is 54.6 Å². The van der Waals surface area contributed by atoms with Gasteiger partial charge >= 0.3 is 0 Å². The molecule has 9 heteroatoms. The highest BCUT2D eigenvalue weighted by Crippen LogP contribution is 2.39. The molecule has 2 atom stereocenters. The monoisotopic (exact) mass is 518 g/mol. The van der Waals surface area contributed by atoms with Crippen LogP contribution in [0.15, 0.2) is 89.0 Å². The van der Waals surface area contributed by atoms with Crippen molar-refractivity contribution >= 4 is 51.7 Å². The standard InChI is InChI=1S/C27H23ClN4O3S/c1-35-19-13-11-18(12-14-19)23-15-22(17-7-3-2-4-8-17)31-32(23)27-30-26(34)24(36-27)16-25(33)29-21-10-6-5-9-20(21)28/h2-14,23-24H,15-16H2,1H3,(H,29,33)/t23-,24-/m1/s1. The van der Waals surface area contributed by atoms with E-state index in [1.165, 1.54) is 11.8 Å². The average Bonchev–Trinajstić information content (AvgIpc) is 3.50. The van der Waals surface area contributed by atoms with Crippen molar-refractivity contribution in [2.75, 3.05) is 12.4 Å². The minimum Gasteiger partial charge on any atom is -0.497 e. The number of amides is 2. The van der Waals surface area contributed by atoms with E-state index in [0.717, 1.165) is 22.6 Å². The van der Waals surface area contributed by atoms with Crippen molar-refractivity contribution in [3.8, 4) is 5.75 Å². The average molecular weight is 519 g/mol. The molecule has 0 saturated carbocycles. The van der Waals surface area contributed by atoms with Gasteiger partial charge < -0.3 is 10.1 Å². The van der Waals surface area contributed by atoms with Crippen LogP contribution in [0.25, 0.3) is 0 Å². The fraction of sp³-hybridized carbons (Fsp3) is 0.185. The summed E-state index contributed by atoms with van der Waals surface area (Å²) >= 11 is 7.40. The Labute approximate surface area is 218 Å². The Hall–Kier alpha value is -3.62. The number of carbonyl (C=O) groups excluding carboxylic acids is 2. The van der Waals surface area contributed by atoms with Crippen molar-refractivity contribution < 1.29 is 14.3 Å². The van der Waals surface area contributed by atoms with E-state index < -0.39 is 5.25 Å². The summed E-state index contributed by atoms with van der Waals surface area (Å²) in [4.78, 5) is 29.7. The van der Waals surface area contributed by atoms with E-state index in [1.54, 1.807) is 36.4 Å². The third-order valence-electron chi connectivity index (χ3n) is 5.96. The molecule has 1 N–H and O–H groups in total. The number of para-hydroxylation sites is 1. The van der Waals surface area contributed by atoms with Crippen molar-refractivity contribution in [3.05, 3.63) is 95.0 Å². The minimum absolute atomic E-state index is 0.0159. The first-order valence-corrected chi connectivity index (χ1v) is 12.7. The van der Waals surface area contributed by atoms with Gasteiger partial charge in [-0.15, -0.1) is 0 Å². The summed E-state index contributed by atoms with van der Waals surface area (Å²) in [6.45, 7) is 0. The first-order valence-electron chi connectivity index (χ1n) is 11.4. The maximum absolute atomic E-state index is 12.8. The molecular formula is C27H23ClN4O3S. The quantitative estimate of drug-likeness (QED) is 0.464. The van der Waals surface area contributed by atoms with Crippen molar-refractivity contribution in [1.29, 1.82) is 0 Å². The molecule has 0 aliphatic carbocycles. The SMILES string of the molecule is COc1ccc([C@H]2CC(c3ccccc3)=NN2C2=NC(=O)[C@@H](CC(=O)Nc3ccccc3Cl)S2)cc1. The molecule has 0 bridgehead atoms. The lowest BCUT2D eigenvalue weighted by Gasteiger charge is -2.23. The van der Waals surface area contributed by atoms with Crippen LogP contribution in [0.5, 0.6) is 5.75 Å². The van der Waals surface area contributed by atoms with Crippen molar-refractivity contribution in [2.45, 2.75) is 24.1 Å². The zero-order chi connectivity index (χ0) is 25.1. The van der Waals surface area contributed by atoms with Gasteiger partial charge in [0.2, 0.25) is 5.91 Å². The third-order valence-corrected chi connectivity index (χ3v) is 7.43. The molecule has 5 rings (SSSR count). The number of aliphatic imine (C=N–C) groups is 1. The summed E-state index contributed by atoms with van der Waals surface area (Å²) < 4.78 is 5.30. The molecule has 3 aromatic carbocycles. The highest BCUT2D eigenvalue weighted by atomic mass is 35.5. The minimum atomic E-state index is -0.630. The number of methoxy groups -OCH3 is 1. The largest absolute Gasteiger partial charge is 0.497 e. The van der Waals surface area contributed by atoms with Gasteiger partial charge in [0.25, 0.3) is 5.91 Å². The molecule has 0 spiro atoms. The molecule has 2 amide bonds. The summed E-state index contributed by atoms with van der Waals surface area (Å²) in [5.41, 5.74) is 3.47. The number of thioether (sulfide) groups is 1. The number of carbonyl (C=O) groups is 2. The predicted molar refractivity (Wildman–Crippen MR) is 144 cm³/mol. The van der Waals surface area contributed by atoms with Crippen molar-refractivity contribution in [3.63, 3.8) is 0 Å². The number of hydrogen-bond acceptors (Lipinski definition) is 6. The van der Waals surface area contributed by atoms with Gasteiger partial charge in [-0.3, -0.25) is 9.59 Å². The Morgan fingerprint density at radius 1 is 1.08 bits per heavy atom. The van der Waals surface area contributed by atoms with E-state index in [4.69, 9.17) is 21.4 Å². The van der Waals surface area contributed by atoms with Crippen LogP contribution in [-0.4, -0.2) is 40.1 Å². The van der Waals surface area contributed by atoms with Crippen LogP contribution in [0.2, 0.25) is 5.02 Å². The summed E-state index contributed by atoms with van der Waals surface area (Å²) in [5, 5.41) is 9.74. The Balaban J connectivity index is 1.35. The van der Waals surface area contributed by atoms with Crippen LogP contribution in [0, 0.1) is 0 Å². The van der Waals surface area contributed by atoms with E-state index in [9.17, 15) is 9.59 Å². The lowest BCUT2D eigenvalue weighted by atomic mass is 9.98. The highest BCUT2D eigenvalue weighted by molar-refractivity contribution is 8.15. The number of hydrazone groups is 1. The van der Waals surface area contributed by atoms with Crippen molar-refractivity contribution in [2.24, 2.45) is 10.1 Å². The van der Waals surface area contributed by atoms with Gasteiger partial charge in [0.1, 0.15) is 11.0 Å². The number of nitrogens with one attached hydrogen (secondary N) is 1. The first-order chi connectivity index (χ1) is 17.5. The topological polar surface area (TPSA) is 83.4 Å².